The van der Waals surface area contributed by atoms with E-state index < -0.39 is 11.8 Å². The molecule has 0 atom stereocenters. The number of thioether (sulfide) groups is 1. The quantitative estimate of drug-likeness (QED) is 0.164. The zero-order chi connectivity index (χ0) is 28.4. The van der Waals surface area contributed by atoms with Crippen LogP contribution in [-0.2, 0) is 11.2 Å². The molecule has 0 bridgehead atoms. The Bertz CT molecular complexity index is 1620. The van der Waals surface area contributed by atoms with E-state index in [-0.39, 0.29) is 17.4 Å². The molecule has 9 nitrogen and oxygen atoms in total. The molecule has 12 heteroatoms. The largest absolute Gasteiger partial charge is 0.356 e. The Morgan fingerprint density at radius 2 is 1.55 bits per heavy atom. The molecule has 0 unspecified atom stereocenters. The van der Waals surface area contributed by atoms with Crippen LogP contribution in [0, 0.1) is 0 Å². The first-order valence-corrected chi connectivity index (χ1v) is 13.9. The third kappa shape index (κ3) is 5.65. The van der Waals surface area contributed by atoms with Crippen LogP contribution in [0.3, 0.4) is 0 Å². The number of nitrogens with one attached hydrogen (secondary N) is 1. The predicted octanol–water partition coefficient (Wildman–Crippen LogP) is 5.03. The normalized spacial score (nSPS) is 12.5. The van der Waals surface area contributed by atoms with Crippen LogP contribution in [0.2, 0.25) is 10.0 Å². The Morgan fingerprint density at radius 1 is 0.875 bits per heavy atom. The van der Waals surface area contributed by atoms with Gasteiger partial charge in [-0.2, -0.15) is 0 Å². The van der Waals surface area contributed by atoms with Gasteiger partial charge in [-0.3, -0.25) is 23.7 Å². The fourth-order valence-corrected chi connectivity index (χ4v) is 5.67. The number of carbonyl (C=O) groups is 4. The van der Waals surface area contributed by atoms with Gasteiger partial charge in [0.2, 0.25) is 5.91 Å². The van der Waals surface area contributed by atoms with Crippen LogP contribution in [-0.4, -0.2) is 50.6 Å². The summed E-state index contributed by atoms with van der Waals surface area (Å²) in [6.07, 6.45) is 0.382. The van der Waals surface area contributed by atoms with E-state index in [1.165, 1.54) is 13.0 Å². The average Bonchev–Trinajstić information content (AvgIpc) is 3.44. The second kappa shape index (κ2) is 11.6. The summed E-state index contributed by atoms with van der Waals surface area (Å²) in [6.45, 7) is 1.77. The van der Waals surface area contributed by atoms with Crippen molar-refractivity contribution in [2.45, 2.75) is 18.5 Å². The molecule has 0 radical (unpaired) electrons. The van der Waals surface area contributed by atoms with Crippen LogP contribution < -0.4 is 10.2 Å². The molecule has 1 aliphatic rings. The first-order chi connectivity index (χ1) is 19.2. The van der Waals surface area contributed by atoms with Gasteiger partial charge in [-0.15, -0.1) is 10.2 Å². The Labute approximate surface area is 243 Å². The maximum absolute atomic E-state index is 13.2. The van der Waals surface area contributed by atoms with Gasteiger partial charge in [0.15, 0.2) is 10.9 Å². The van der Waals surface area contributed by atoms with E-state index in [4.69, 9.17) is 23.2 Å². The van der Waals surface area contributed by atoms with E-state index in [1.54, 1.807) is 65.2 Å². The van der Waals surface area contributed by atoms with E-state index >= 15 is 0 Å². The van der Waals surface area contributed by atoms with Crippen molar-refractivity contribution in [3.05, 3.63) is 99.3 Å². The van der Waals surface area contributed by atoms with Gasteiger partial charge >= 0.3 is 0 Å². The van der Waals surface area contributed by atoms with Gasteiger partial charge in [0.1, 0.15) is 5.82 Å². The fourth-order valence-electron chi connectivity index (χ4n) is 4.29. The van der Waals surface area contributed by atoms with Crippen LogP contribution in [0.4, 0.5) is 5.69 Å². The van der Waals surface area contributed by atoms with Crippen molar-refractivity contribution in [3.8, 4) is 5.69 Å². The molecule has 3 amide bonds. The van der Waals surface area contributed by atoms with Gasteiger partial charge in [-0.05, 0) is 42.5 Å². The minimum atomic E-state index is -0.431. The van der Waals surface area contributed by atoms with E-state index in [1.807, 2.05) is 0 Å². The lowest BCUT2D eigenvalue weighted by molar-refractivity contribution is -0.118. The Kier molecular flexibility index (Phi) is 8.02. The Hall–Kier alpha value is -3.99. The topological polar surface area (TPSA) is 114 Å². The van der Waals surface area contributed by atoms with Crippen molar-refractivity contribution < 1.29 is 19.2 Å². The second-order valence-electron chi connectivity index (χ2n) is 8.85. The van der Waals surface area contributed by atoms with Gasteiger partial charge in [-0.1, -0.05) is 59.2 Å². The molecule has 2 heterocycles. The van der Waals surface area contributed by atoms with Gasteiger partial charge < -0.3 is 5.32 Å². The summed E-state index contributed by atoms with van der Waals surface area (Å²) in [7, 11) is 0. The number of fused-ring (bicyclic) bond motifs is 1. The van der Waals surface area contributed by atoms with Crippen molar-refractivity contribution in [1.82, 2.24) is 20.1 Å². The van der Waals surface area contributed by atoms with Crippen LogP contribution in [0.1, 0.15) is 43.8 Å². The molecule has 5 rings (SSSR count). The number of hydrogen-bond acceptors (Lipinski definition) is 7. The van der Waals surface area contributed by atoms with Crippen molar-refractivity contribution in [1.29, 1.82) is 0 Å². The highest BCUT2D eigenvalue weighted by Gasteiger charge is 2.36. The lowest BCUT2D eigenvalue weighted by Crippen LogP contribution is -2.29. The monoisotopic (exact) mass is 593 g/mol. The molecular formula is C28H21Cl2N5O4S. The highest BCUT2D eigenvalue weighted by molar-refractivity contribution is 7.99. The van der Waals surface area contributed by atoms with Crippen LogP contribution in [0.15, 0.2) is 71.9 Å². The number of halogens is 2. The molecule has 1 aliphatic heterocycles. The van der Waals surface area contributed by atoms with Gasteiger partial charge in [-0.25, -0.2) is 4.90 Å². The number of benzene rings is 3. The first-order valence-electron chi connectivity index (χ1n) is 12.1. The number of nitrogens with zero attached hydrogens (tertiary/aromatic N) is 4. The number of rotatable bonds is 9. The van der Waals surface area contributed by atoms with Crippen LogP contribution in [0.25, 0.3) is 5.69 Å². The molecule has 40 heavy (non-hydrogen) atoms. The van der Waals surface area contributed by atoms with E-state index in [2.05, 4.69) is 15.5 Å². The average molecular weight is 594 g/mol. The number of hydrogen-bond donors (Lipinski definition) is 1. The molecule has 1 aromatic heterocycles. The third-order valence-corrected chi connectivity index (χ3v) is 7.45. The SMILES string of the molecule is CC(=O)NCCc1nnc(SCC(=O)c2cccc(N3C(=O)c4ccccc4C3=O)c2)n1-c1cc(Cl)cc(Cl)c1. The molecule has 0 saturated heterocycles. The molecule has 3 aromatic carbocycles. The zero-order valence-corrected chi connectivity index (χ0v) is 23.4. The molecule has 0 saturated carbocycles. The number of carbonyl (C=O) groups excluding carboxylic acids is 4. The van der Waals surface area contributed by atoms with Gasteiger partial charge in [0.25, 0.3) is 11.8 Å². The van der Waals surface area contributed by atoms with Gasteiger partial charge in [0.05, 0.1) is 28.3 Å². The number of amides is 3. The fraction of sp³-hybridized carbons (Fsp3) is 0.143. The molecule has 202 valence electrons. The number of imide groups is 1. The standard InChI is InChI=1S/C28H21Cl2N5O4S/c1-16(36)31-10-9-25-32-33-28(34(25)21-13-18(29)12-19(30)14-21)40-15-24(37)17-5-4-6-20(11-17)35-26(38)22-7-2-3-8-23(22)27(35)39/h2-8,11-14H,9-10,15H2,1H3,(H,31,36). The van der Waals surface area contributed by atoms with Crippen LogP contribution in [0.5, 0.6) is 0 Å². The number of Topliss-reactive ketones (excluding diaryl/α,β-unsaturated/α-hetero) is 1. The number of ketones is 1. The van der Waals surface area contributed by atoms with Gasteiger partial charge in [0, 0.05) is 35.5 Å². The third-order valence-electron chi connectivity index (χ3n) is 6.08. The molecule has 4 aromatic rings. The van der Waals surface area contributed by atoms with E-state index in [0.717, 1.165) is 16.7 Å². The maximum atomic E-state index is 13.2. The molecule has 0 fully saturated rings. The van der Waals surface area contributed by atoms with E-state index in [0.29, 0.717) is 62.1 Å². The molecule has 1 N–H and O–H groups in total. The summed E-state index contributed by atoms with van der Waals surface area (Å²) in [5, 5.41) is 12.5. The zero-order valence-electron chi connectivity index (χ0n) is 21.1. The highest BCUT2D eigenvalue weighted by Crippen LogP contribution is 2.30. The smallest absolute Gasteiger partial charge is 0.266 e. The maximum Gasteiger partial charge on any atom is 0.266 e. The summed E-state index contributed by atoms with van der Waals surface area (Å²) >= 11 is 13.6. The minimum absolute atomic E-state index is 0.00367. The second-order valence-corrected chi connectivity index (χ2v) is 10.7. The molecule has 0 spiro atoms. The van der Waals surface area contributed by atoms with Crippen molar-refractivity contribution >= 4 is 64.2 Å². The molecule has 0 aliphatic carbocycles. The summed E-state index contributed by atoms with van der Waals surface area (Å²) in [4.78, 5) is 51.4. The summed E-state index contributed by atoms with van der Waals surface area (Å²) < 4.78 is 1.74. The lowest BCUT2D eigenvalue weighted by atomic mass is 10.1. The summed E-state index contributed by atoms with van der Waals surface area (Å²) in [6, 6.07) is 18.0. The number of anilines is 1. The highest BCUT2D eigenvalue weighted by atomic mass is 35.5. The van der Waals surface area contributed by atoms with Crippen molar-refractivity contribution in [2.24, 2.45) is 0 Å². The first kappa shape index (κ1) is 27.6. The number of aromatic nitrogens is 3. The van der Waals surface area contributed by atoms with Crippen molar-refractivity contribution in [2.75, 3.05) is 17.2 Å². The Balaban J connectivity index is 1.37. The lowest BCUT2D eigenvalue weighted by Gasteiger charge is -2.15. The summed E-state index contributed by atoms with van der Waals surface area (Å²) in [5.41, 5.74) is 1.93. The predicted molar refractivity (Wildman–Crippen MR) is 153 cm³/mol. The summed E-state index contributed by atoms with van der Waals surface area (Å²) in [5.74, 6) is -0.708. The van der Waals surface area contributed by atoms with Crippen LogP contribution >= 0.6 is 35.0 Å². The molecular weight excluding hydrogens is 573 g/mol. The van der Waals surface area contributed by atoms with E-state index in [9.17, 15) is 19.2 Å². The Morgan fingerprint density at radius 3 is 2.20 bits per heavy atom. The minimum Gasteiger partial charge on any atom is -0.356 e. The van der Waals surface area contributed by atoms with Crippen molar-refractivity contribution in [3.63, 3.8) is 0 Å².